The van der Waals surface area contributed by atoms with E-state index in [4.69, 9.17) is 4.52 Å². The van der Waals surface area contributed by atoms with E-state index in [0.717, 1.165) is 10.7 Å². The van der Waals surface area contributed by atoms with Crippen molar-refractivity contribution in [3.63, 3.8) is 0 Å². The first kappa shape index (κ1) is 11.2. The molecule has 2 heterocycles. The standard InChI is InChI=1S/C10H13N3O2S/c1-6-5-16-10(11-6)4-8-12-9(15-13-8)3-7(2)14/h5,7,14H,3-4H2,1-2H3. The number of hydrogen-bond acceptors (Lipinski definition) is 6. The van der Waals surface area contributed by atoms with Crippen LogP contribution in [-0.4, -0.2) is 26.3 Å². The Morgan fingerprint density at radius 1 is 1.50 bits per heavy atom. The van der Waals surface area contributed by atoms with Gasteiger partial charge in [0.1, 0.15) is 5.01 Å². The van der Waals surface area contributed by atoms with Gasteiger partial charge < -0.3 is 9.63 Å². The summed E-state index contributed by atoms with van der Waals surface area (Å²) < 4.78 is 5.01. The summed E-state index contributed by atoms with van der Waals surface area (Å²) in [5.74, 6) is 1.09. The lowest BCUT2D eigenvalue weighted by Gasteiger charge is -1.95. The summed E-state index contributed by atoms with van der Waals surface area (Å²) in [7, 11) is 0. The third-order valence-corrected chi connectivity index (χ3v) is 2.92. The molecule has 86 valence electrons. The predicted molar refractivity (Wildman–Crippen MR) is 59.3 cm³/mol. The molecule has 2 aromatic rings. The molecule has 0 bridgehead atoms. The number of aromatic nitrogens is 3. The summed E-state index contributed by atoms with van der Waals surface area (Å²) >= 11 is 1.59. The second-order valence-corrected chi connectivity index (χ2v) is 4.66. The number of aliphatic hydroxyl groups excluding tert-OH is 1. The van der Waals surface area contributed by atoms with E-state index in [1.807, 2.05) is 12.3 Å². The van der Waals surface area contributed by atoms with Crippen molar-refractivity contribution < 1.29 is 9.63 Å². The molecule has 0 spiro atoms. The van der Waals surface area contributed by atoms with Gasteiger partial charge in [-0.25, -0.2) is 4.98 Å². The molecule has 1 N–H and O–H groups in total. The minimum absolute atomic E-state index is 0.393. The number of nitrogens with zero attached hydrogens (tertiary/aromatic N) is 3. The topological polar surface area (TPSA) is 72.0 Å². The maximum atomic E-state index is 9.17. The molecule has 0 saturated heterocycles. The summed E-state index contributed by atoms with van der Waals surface area (Å²) in [6, 6.07) is 0. The van der Waals surface area contributed by atoms with Gasteiger partial charge >= 0.3 is 0 Å². The Kier molecular flexibility index (Phi) is 3.31. The number of thiazole rings is 1. The average Bonchev–Trinajstić information content (AvgIpc) is 2.76. The van der Waals surface area contributed by atoms with Gasteiger partial charge in [0.2, 0.25) is 5.89 Å². The molecule has 0 aliphatic carbocycles. The van der Waals surface area contributed by atoms with Crippen molar-refractivity contribution >= 4 is 11.3 Å². The number of hydrogen-bond donors (Lipinski definition) is 1. The maximum Gasteiger partial charge on any atom is 0.229 e. The Balaban J connectivity index is 2.02. The SMILES string of the molecule is Cc1csc(Cc2noc(CC(C)O)n2)n1. The van der Waals surface area contributed by atoms with Crippen LogP contribution in [0.2, 0.25) is 0 Å². The van der Waals surface area contributed by atoms with E-state index in [1.54, 1.807) is 18.3 Å². The average molecular weight is 239 g/mol. The smallest absolute Gasteiger partial charge is 0.229 e. The van der Waals surface area contributed by atoms with E-state index >= 15 is 0 Å². The zero-order chi connectivity index (χ0) is 11.5. The Hall–Kier alpha value is -1.27. The molecule has 2 rings (SSSR count). The fraction of sp³-hybridized carbons (Fsp3) is 0.500. The number of aliphatic hydroxyl groups is 1. The first-order valence-corrected chi connectivity index (χ1v) is 5.92. The van der Waals surface area contributed by atoms with Crippen LogP contribution in [-0.2, 0) is 12.8 Å². The molecular formula is C10H13N3O2S. The van der Waals surface area contributed by atoms with Gasteiger partial charge in [-0.1, -0.05) is 5.16 Å². The second-order valence-electron chi connectivity index (χ2n) is 3.72. The van der Waals surface area contributed by atoms with Crippen LogP contribution in [0.15, 0.2) is 9.90 Å². The molecule has 0 fully saturated rings. The molecule has 0 aliphatic rings. The molecule has 6 heteroatoms. The molecule has 16 heavy (non-hydrogen) atoms. The van der Waals surface area contributed by atoms with Crippen molar-refractivity contribution in [2.45, 2.75) is 32.8 Å². The molecular weight excluding hydrogens is 226 g/mol. The summed E-state index contributed by atoms with van der Waals surface area (Å²) in [5.41, 5.74) is 1.01. The van der Waals surface area contributed by atoms with Crippen LogP contribution in [0, 0.1) is 6.92 Å². The molecule has 2 aromatic heterocycles. The largest absolute Gasteiger partial charge is 0.393 e. The van der Waals surface area contributed by atoms with E-state index < -0.39 is 6.10 Å². The summed E-state index contributed by atoms with van der Waals surface area (Å²) in [5, 5.41) is 16.0. The van der Waals surface area contributed by atoms with E-state index in [2.05, 4.69) is 15.1 Å². The highest BCUT2D eigenvalue weighted by atomic mass is 32.1. The van der Waals surface area contributed by atoms with Gasteiger partial charge in [-0.3, -0.25) is 0 Å². The Morgan fingerprint density at radius 2 is 2.31 bits per heavy atom. The zero-order valence-electron chi connectivity index (χ0n) is 9.17. The molecule has 1 unspecified atom stereocenters. The Labute approximate surface area is 97.2 Å². The van der Waals surface area contributed by atoms with Crippen molar-refractivity contribution in [1.82, 2.24) is 15.1 Å². The van der Waals surface area contributed by atoms with Crippen molar-refractivity contribution in [2.24, 2.45) is 0 Å². The summed E-state index contributed by atoms with van der Waals surface area (Å²) in [4.78, 5) is 8.51. The lowest BCUT2D eigenvalue weighted by molar-refractivity contribution is 0.181. The molecule has 5 nitrogen and oxygen atoms in total. The van der Waals surface area contributed by atoms with Crippen LogP contribution in [0.4, 0.5) is 0 Å². The molecule has 0 radical (unpaired) electrons. The third-order valence-electron chi connectivity index (χ3n) is 1.96. The zero-order valence-corrected chi connectivity index (χ0v) is 9.99. The van der Waals surface area contributed by atoms with Crippen molar-refractivity contribution in [2.75, 3.05) is 0 Å². The predicted octanol–water partition coefficient (Wildman–Crippen LogP) is 1.35. The van der Waals surface area contributed by atoms with Gasteiger partial charge in [0.05, 0.1) is 18.9 Å². The van der Waals surface area contributed by atoms with Crippen molar-refractivity contribution in [3.8, 4) is 0 Å². The third kappa shape index (κ3) is 2.86. The fourth-order valence-electron chi connectivity index (χ4n) is 1.32. The number of aryl methyl sites for hydroxylation is 1. The summed E-state index contributed by atoms with van der Waals surface area (Å²) in [6.45, 7) is 3.64. The minimum Gasteiger partial charge on any atom is -0.393 e. The van der Waals surface area contributed by atoms with E-state index in [9.17, 15) is 5.11 Å². The van der Waals surface area contributed by atoms with Gasteiger partial charge in [0.15, 0.2) is 5.82 Å². The molecule has 0 amide bonds. The van der Waals surface area contributed by atoms with Crippen molar-refractivity contribution in [1.29, 1.82) is 0 Å². The maximum absolute atomic E-state index is 9.17. The van der Waals surface area contributed by atoms with Crippen LogP contribution in [0.25, 0.3) is 0 Å². The second kappa shape index (κ2) is 4.71. The van der Waals surface area contributed by atoms with Gasteiger partial charge in [0, 0.05) is 11.1 Å². The van der Waals surface area contributed by atoms with Crippen LogP contribution in [0.5, 0.6) is 0 Å². The quantitative estimate of drug-likeness (QED) is 0.872. The Morgan fingerprint density at radius 3 is 2.94 bits per heavy atom. The first-order valence-electron chi connectivity index (χ1n) is 5.04. The number of rotatable bonds is 4. The van der Waals surface area contributed by atoms with Crippen LogP contribution in [0.3, 0.4) is 0 Å². The molecule has 0 saturated carbocycles. The van der Waals surface area contributed by atoms with E-state index in [0.29, 0.717) is 24.6 Å². The Bertz CT molecular complexity index is 464. The van der Waals surface area contributed by atoms with Crippen LogP contribution >= 0.6 is 11.3 Å². The highest BCUT2D eigenvalue weighted by Gasteiger charge is 2.10. The lowest BCUT2D eigenvalue weighted by atomic mass is 10.3. The van der Waals surface area contributed by atoms with Gasteiger partial charge in [-0.05, 0) is 13.8 Å². The van der Waals surface area contributed by atoms with Gasteiger partial charge in [-0.2, -0.15) is 4.98 Å². The van der Waals surface area contributed by atoms with E-state index in [-0.39, 0.29) is 0 Å². The van der Waals surface area contributed by atoms with Crippen LogP contribution in [0.1, 0.15) is 29.3 Å². The normalized spacial score (nSPS) is 12.9. The van der Waals surface area contributed by atoms with E-state index in [1.165, 1.54) is 0 Å². The van der Waals surface area contributed by atoms with Crippen LogP contribution < -0.4 is 0 Å². The van der Waals surface area contributed by atoms with Gasteiger partial charge in [0.25, 0.3) is 0 Å². The fourth-order valence-corrected chi connectivity index (χ4v) is 2.09. The monoisotopic (exact) mass is 239 g/mol. The van der Waals surface area contributed by atoms with Crippen molar-refractivity contribution in [3.05, 3.63) is 27.8 Å². The first-order chi connectivity index (χ1) is 7.63. The highest BCUT2D eigenvalue weighted by molar-refractivity contribution is 7.09. The minimum atomic E-state index is -0.463. The van der Waals surface area contributed by atoms with Gasteiger partial charge in [-0.15, -0.1) is 11.3 Å². The molecule has 0 aromatic carbocycles. The highest BCUT2D eigenvalue weighted by Crippen LogP contribution is 2.12. The molecule has 0 aliphatic heterocycles. The summed E-state index contributed by atoms with van der Waals surface area (Å²) in [6.07, 6.45) is 0.515. The lowest BCUT2D eigenvalue weighted by Crippen LogP contribution is -2.04. The molecule has 1 atom stereocenters.